The molecule has 78 valence electrons. The molecule has 2 aromatic rings. The molecule has 0 amide bonds. The largest absolute Gasteiger partial charge is 0.309 e. The Labute approximate surface area is 96.6 Å². The van der Waals surface area contributed by atoms with E-state index in [9.17, 15) is 0 Å². The van der Waals surface area contributed by atoms with E-state index in [0.717, 1.165) is 23.1 Å². The van der Waals surface area contributed by atoms with Gasteiger partial charge < -0.3 is 5.32 Å². The summed E-state index contributed by atoms with van der Waals surface area (Å²) in [6.45, 7) is 4.11. The van der Waals surface area contributed by atoms with Crippen LogP contribution in [0.1, 0.15) is 18.7 Å². The Morgan fingerprint density at radius 2 is 2.40 bits per heavy atom. The summed E-state index contributed by atoms with van der Waals surface area (Å²) in [6, 6.07) is 6.73. The number of fused-ring (bicyclic) bond motifs is 3. The van der Waals surface area contributed by atoms with Crippen LogP contribution in [0.4, 0.5) is 0 Å². The molecule has 1 aromatic carbocycles. The molecule has 0 unspecified atom stereocenters. The van der Waals surface area contributed by atoms with Crippen LogP contribution in [0.3, 0.4) is 0 Å². The average molecular weight is 266 g/mol. The number of halogens is 1. The highest BCUT2D eigenvalue weighted by Gasteiger charge is 2.19. The van der Waals surface area contributed by atoms with Crippen LogP contribution in [0.2, 0.25) is 0 Å². The van der Waals surface area contributed by atoms with Crippen molar-refractivity contribution in [2.75, 3.05) is 6.54 Å². The minimum atomic E-state index is 0.444. The number of benzene rings is 1. The summed E-state index contributed by atoms with van der Waals surface area (Å²) < 4.78 is 3.24. The maximum atomic E-state index is 4.64. The molecule has 1 aromatic heterocycles. The zero-order chi connectivity index (χ0) is 10.4. The van der Waals surface area contributed by atoms with Gasteiger partial charge in [0.05, 0.1) is 17.3 Å². The van der Waals surface area contributed by atoms with E-state index < -0.39 is 0 Å². The predicted octanol–water partition coefficient (Wildman–Crippen LogP) is 2.46. The zero-order valence-corrected chi connectivity index (χ0v) is 10.1. The van der Waals surface area contributed by atoms with Crippen LogP contribution in [-0.4, -0.2) is 16.3 Å². The Kier molecular flexibility index (Phi) is 2.07. The highest BCUT2D eigenvalue weighted by Crippen LogP contribution is 2.26. The van der Waals surface area contributed by atoms with Crippen molar-refractivity contribution in [3.8, 4) is 0 Å². The molecule has 1 aliphatic heterocycles. The predicted molar refractivity (Wildman–Crippen MR) is 63.9 cm³/mol. The lowest BCUT2D eigenvalue weighted by atomic mass is 10.1. The number of nitrogens with zero attached hydrogens (tertiary/aromatic N) is 2. The van der Waals surface area contributed by atoms with E-state index in [1.807, 2.05) is 0 Å². The Morgan fingerprint density at radius 1 is 1.53 bits per heavy atom. The van der Waals surface area contributed by atoms with Gasteiger partial charge >= 0.3 is 0 Å². The Hall–Kier alpha value is -0.870. The van der Waals surface area contributed by atoms with Crippen molar-refractivity contribution >= 4 is 26.8 Å². The van der Waals surface area contributed by atoms with Gasteiger partial charge in [-0.1, -0.05) is 15.9 Å². The molecule has 0 radical (unpaired) electrons. The molecule has 0 saturated heterocycles. The molecule has 1 aliphatic rings. The second-order valence-corrected chi connectivity index (χ2v) is 4.95. The first-order valence-electron chi connectivity index (χ1n) is 5.13. The Bertz CT molecular complexity index is 518. The van der Waals surface area contributed by atoms with Gasteiger partial charge in [0, 0.05) is 22.9 Å². The molecule has 4 heteroatoms. The highest BCUT2D eigenvalue weighted by atomic mass is 79.9. The van der Waals surface area contributed by atoms with Crippen LogP contribution in [0, 0.1) is 0 Å². The third-order valence-electron chi connectivity index (χ3n) is 2.91. The summed E-state index contributed by atoms with van der Waals surface area (Å²) >= 11 is 3.48. The van der Waals surface area contributed by atoms with Crippen molar-refractivity contribution in [3.05, 3.63) is 28.4 Å². The zero-order valence-electron chi connectivity index (χ0n) is 8.50. The summed E-state index contributed by atoms with van der Waals surface area (Å²) in [5.74, 6) is 0. The molecular weight excluding hydrogens is 254 g/mol. The Balaban J connectivity index is 2.30. The van der Waals surface area contributed by atoms with Crippen molar-refractivity contribution < 1.29 is 0 Å². The van der Waals surface area contributed by atoms with Crippen LogP contribution in [-0.2, 0) is 6.54 Å². The number of nitrogens with one attached hydrogen (secondary N) is 1. The lowest BCUT2D eigenvalue weighted by molar-refractivity contribution is 0.395. The molecule has 0 fully saturated rings. The normalized spacial score (nSPS) is 20.5. The van der Waals surface area contributed by atoms with Crippen molar-refractivity contribution in [2.24, 2.45) is 0 Å². The van der Waals surface area contributed by atoms with E-state index in [1.54, 1.807) is 0 Å². The number of rotatable bonds is 0. The van der Waals surface area contributed by atoms with Gasteiger partial charge in [-0.15, -0.1) is 0 Å². The number of hydrogen-bond acceptors (Lipinski definition) is 2. The molecule has 2 heterocycles. The summed E-state index contributed by atoms with van der Waals surface area (Å²) in [5.41, 5.74) is 2.38. The van der Waals surface area contributed by atoms with E-state index in [-0.39, 0.29) is 0 Å². The van der Waals surface area contributed by atoms with Gasteiger partial charge in [0.15, 0.2) is 0 Å². The quantitative estimate of drug-likeness (QED) is 0.793. The van der Waals surface area contributed by atoms with Gasteiger partial charge in [-0.05, 0) is 25.1 Å². The standard InChI is InChI=1S/C11H12BrN3/c1-7-5-13-6-11-9-3-2-8(12)4-10(9)14-15(7)11/h2-4,7,13H,5-6H2,1H3/t7-/m1/s1. The summed E-state index contributed by atoms with van der Waals surface area (Å²) in [7, 11) is 0. The molecule has 0 spiro atoms. The summed E-state index contributed by atoms with van der Waals surface area (Å²) in [6.07, 6.45) is 0. The first-order chi connectivity index (χ1) is 7.25. The minimum Gasteiger partial charge on any atom is -0.309 e. The van der Waals surface area contributed by atoms with Crippen molar-refractivity contribution in [1.82, 2.24) is 15.1 Å². The van der Waals surface area contributed by atoms with E-state index in [1.165, 1.54) is 11.1 Å². The molecule has 15 heavy (non-hydrogen) atoms. The van der Waals surface area contributed by atoms with E-state index >= 15 is 0 Å². The SMILES string of the molecule is C[C@@H]1CNCc2c3ccc(Br)cc3nn21. The third kappa shape index (κ3) is 1.40. The fourth-order valence-electron chi connectivity index (χ4n) is 2.16. The minimum absolute atomic E-state index is 0.444. The Morgan fingerprint density at radius 3 is 3.27 bits per heavy atom. The topological polar surface area (TPSA) is 29.9 Å². The van der Waals surface area contributed by atoms with E-state index in [4.69, 9.17) is 0 Å². The first kappa shape index (κ1) is 9.36. The van der Waals surface area contributed by atoms with Crippen LogP contribution in [0.15, 0.2) is 22.7 Å². The molecule has 3 nitrogen and oxygen atoms in total. The second-order valence-electron chi connectivity index (χ2n) is 4.03. The lowest BCUT2D eigenvalue weighted by Gasteiger charge is -2.21. The average Bonchev–Trinajstić information content (AvgIpc) is 2.57. The fraction of sp³-hybridized carbons (Fsp3) is 0.364. The molecule has 0 saturated carbocycles. The fourth-order valence-corrected chi connectivity index (χ4v) is 2.51. The maximum absolute atomic E-state index is 4.64. The van der Waals surface area contributed by atoms with Crippen LogP contribution in [0.25, 0.3) is 10.9 Å². The van der Waals surface area contributed by atoms with Gasteiger partial charge in [-0.25, -0.2) is 0 Å². The lowest BCUT2D eigenvalue weighted by Crippen LogP contribution is -2.31. The molecule has 3 rings (SSSR count). The van der Waals surface area contributed by atoms with Crippen molar-refractivity contribution in [2.45, 2.75) is 19.5 Å². The third-order valence-corrected chi connectivity index (χ3v) is 3.41. The molecule has 1 atom stereocenters. The maximum Gasteiger partial charge on any atom is 0.0938 e. The van der Waals surface area contributed by atoms with E-state index in [0.29, 0.717) is 6.04 Å². The van der Waals surface area contributed by atoms with Crippen LogP contribution >= 0.6 is 15.9 Å². The smallest absolute Gasteiger partial charge is 0.0938 e. The van der Waals surface area contributed by atoms with Crippen molar-refractivity contribution in [3.63, 3.8) is 0 Å². The first-order valence-corrected chi connectivity index (χ1v) is 5.92. The molecule has 1 N–H and O–H groups in total. The second kappa shape index (κ2) is 3.32. The van der Waals surface area contributed by atoms with Gasteiger partial charge in [0.2, 0.25) is 0 Å². The summed E-state index contributed by atoms with van der Waals surface area (Å²) in [4.78, 5) is 0. The van der Waals surface area contributed by atoms with Crippen LogP contribution in [0.5, 0.6) is 0 Å². The van der Waals surface area contributed by atoms with E-state index in [2.05, 4.69) is 56.2 Å². The number of aromatic nitrogens is 2. The number of hydrogen-bond donors (Lipinski definition) is 1. The highest BCUT2D eigenvalue weighted by molar-refractivity contribution is 9.10. The van der Waals surface area contributed by atoms with Crippen LogP contribution < -0.4 is 5.32 Å². The molecule has 0 aliphatic carbocycles. The summed E-state index contributed by atoms with van der Waals surface area (Å²) in [5, 5.41) is 9.31. The van der Waals surface area contributed by atoms with Gasteiger partial charge in [0.1, 0.15) is 0 Å². The molecule has 0 bridgehead atoms. The van der Waals surface area contributed by atoms with Gasteiger partial charge in [-0.2, -0.15) is 5.10 Å². The van der Waals surface area contributed by atoms with Gasteiger partial charge in [-0.3, -0.25) is 4.68 Å². The monoisotopic (exact) mass is 265 g/mol. The molecular formula is C11H12BrN3. The van der Waals surface area contributed by atoms with Crippen molar-refractivity contribution in [1.29, 1.82) is 0 Å². The van der Waals surface area contributed by atoms with Gasteiger partial charge in [0.25, 0.3) is 0 Å².